The van der Waals surface area contributed by atoms with E-state index in [0.29, 0.717) is 0 Å². The van der Waals surface area contributed by atoms with Crippen LogP contribution in [0.4, 0.5) is 0 Å². The predicted molar refractivity (Wildman–Crippen MR) is 77.6 cm³/mol. The van der Waals surface area contributed by atoms with E-state index in [-0.39, 0.29) is 0 Å². The molecule has 0 aromatic carbocycles. The van der Waals surface area contributed by atoms with Gasteiger partial charge in [-0.2, -0.15) is 0 Å². The average Bonchev–Trinajstić information content (AvgIpc) is 2.87. The highest BCUT2D eigenvalue weighted by Crippen LogP contribution is 2.10. The molecule has 2 nitrogen and oxygen atoms in total. The number of hydrogen-bond donors (Lipinski definition) is 0. The number of thioether (sulfide) groups is 2. The fraction of sp³-hybridized carbons (Fsp3) is 0.833. The molecule has 4 heteroatoms. The van der Waals surface area contributed by atoms with Crippen LogP contribution in [-0.2, 0) is 0 Å². The molecule has 0 aromatic rings. The van der Waals surface area contributed by atoms with Crippen molar-refractivity contribution in [2.45, 2.75) is 27.7 Å². The summed E-state index contributed by atoms with van der Waals surface area (Å²) < 4.78 is 4.81. The third-order valence-corrected chi connectivity index (χ3v) is 5.12. The first-order valence-corrected chi connectivity index (χ1v) is 8.08. The van der Waals surface area contributed by atoms with Gasteiger partial charge in [-0.15, -0.1) is 0 Å². The Kier molecular flexibility index (Phi) is 6.51. The summed E-state index contributed by atoms with van der Waals surface area (Å²) in [5.74, 6) is 2.58. The van der Waals surface area contributed by atoms with Crippen LogP contribution in [-0.4, -0.2) is 56.9 Å². The summed E-state index contributed by atoms with van der Waals surface area (Å²) >= 11 is 3.94. The van der Waals surface area contributed by atoms with Crippen molar-refractivity contribution in [1.29, 1.82) is 0 Å². The molecule has 0 radical (unpaired) electrons. The van der Waals surface area contributed by atoms with Gasteiger partial charge in [0.15, 0.2) is 13.1 Å². The van der Waals surface area contributed by atoms with E-state index in [1.165, 1.54) is 47.8 Å². The normalized spacial score (nSPS) is 20.2. The van der Waals surface area contributed by atoms with Gasteiger partial charge in [0.05, 0.1) is 11.5 Å². The summed E-state index contributed by atoms with van der Waals surface area (Å²) in [7, 11) is 0. The van der Waals surface area contributed by atoms with Crippen LogP contribution in [0.5, 0.6) is 0 Å². The Morgan fingerprint density at radius 2 is 1.25 bits per heavy atom. The minimum absolute atomic E-state index is 1.18. The van der Waals surface area contributed by atoms with E-state index in [1.807, 2.05) is 23.5 Å². The Labute approximate surface area is 108 Å². The molecule has 0 spiro atoms. The molecule has 0 saturated heterocycles. The second kappa shape index (κ2) is 7.38. The fourth-order valence-corrected chi connectivity index (χ4v) is 3.89. The van der Waals surface area contributed by atoms with Gasteiger partial charge in [-0.3, -0.25) is 0 Å². The standard InChI is InChI=1S/2C6H12NS/c2*1-3-7-4-5-8-6(7)2/h2*3-5H2,1-2H3/q2*+1. The molecule has 0 unspecified atom stereocenters. The largest absolute Gasteiger partial charge is 0.228 e. The smallest absolute Gasteiger partial charge is 0.207 e. The molecule has 0 atom stereocenters. The van der Waals surface area contributed by atoms with Gasteiger partial charge in [-0.1, -0.05) is 23.5 Å². The zero-order chi connectivity index (χ0) is 12.0. The Bertz CT molecular complexity index is 265. The maximum absolute atomic E-state index is 2.41. The molecule has 2 aliphatic heterocycles. The van der Waals surface area contributed by atoms with E-state index in [4.69, 9.17) is 0 Å². The first-order chi connectivity index (χ1) is 7.69. The van der Waals surface area contributed by atoms with E-state index in [2.05, 4.69) is 36.8 Å². The van der Waals surface area contributed by atoms with Crippen molar-refractivity contribution in [1.82, 2.24) is 0 Å². The zero-order valence-corrected chi connectivity index (χ0v) is 12.6. The van der Waals surface area contributed by atoms with Crippen molar-refractivity contribution >= 4 is 33.6 Å². The van der Waals surface area contributed by atoms with Gasteiger partial charge in [-0.25, -0.2) is 9.15 Å². The Hall–Kier alpha value is 0.0400. The van der Waals surface area contributed by atoms with Gasteiger partial charge in [0, 0.05) is 13.8 Å². The molecular formula is C12H24N2S2+2. The molecule has 16 heavy (non-hydrogen) atoms. The maximum Gasteiger partial charge on any atom is 0.207 e. The highest BCUT2D eigenvalue weighted by Gasteiger charge is 2.16. The lowest BCUT2D eigenvalue weighted by Gasteiger charge is -1.89. The highest BCUT2D eigenvalue weighted by atomic mass is 32.2. The molecule has 0 saturated carbocycles. The fourth-order valence-electron chi connectivity index (χ4n) is 1.87. The summed E-state index contributed by atoms with van der Waals surface area (Å²) in [5.41, 5.74) is 0. The van der Waals surface area contributed by atoms with Crippen LogP contribution in [0, 0.1) is 0 Å². The van der Waals surface area contributed by atoms with Crippen LogP contribution in [0.2, 0.25) is 0 Å². The lowest BCUT2D eigenvalue weighted by atomic mass is 10.6. The molecule has 0 fully saturated rings. The summed E-state index contributed by atoms with van der Waals surface area (Å²) in [5, 5.41) is 2.99. The molecule has 2 heterocycles. The van der Waals surface area contributed by atoms with Gasteiger partial charge in [0.1, 0.15) is 13.1 Å². The molecule has 0 aromatic heterocycles. The van der Waals surface area contributed by atoms with Gasteiger partial charge in [0.25, 0.3) is 0 Å². The minimum Gasteiger partial charge on any atom is -0.228 e. The van der Waals surface area contributed by atoms with Gasteiger partial charge >= 0.3 is 0 Å². The van der Waals surface area contributed by atoms with Crippen LogP contribution < -0.4 is 0 Å². The second-order valence-corrected chi connectivity index (χ2v) is 6.47. The van der Waals surface area contributed by atoms with Crippen LogP contribution in [0.15, 0.2) is 0 Å². The van der Waals surface area contributed by atoms with Crippen molar-refractivity contribution < 1.29 is 9.15 Å². The van der Waals surface area contributed by atoms with Gasteiger partial charge in [-0.05, 0) is 13.8 Å². The molecule has 92 valence electrons. The number of hydrogen-bond acceptors (Lipinski definition) is 2. The monoisotopic (exact) mass is 260 g/mol. The first kappa shape index (κ1) is 14.1. The van der Waals surface area contributed by atoms with Crippen LogP contribution in [0.25, 0.3) is 0 Å². The zero-order valence-electron chi connectivity index (χ0n) is 11.0. The Balaban J connectivity index is 0.000000160. The SMILES string of the molecule is CC[N+]1=C(C)SCC1.CC[N+]1=C(C)SCC1. The topological polar surface area (TPSA) is 6.02 Å². The van der Waals surface area contributed by atoms with Crippen molar-refractivity contribution in [3.8, 4) is 0 Å². The van der Waals surface area contributed by atoms with Crippen LogP contribution in [0.1, 0.15) is 27.7 Å². The van der Waals surface area contributed by atoms with Gasteiger partial charge in [0.2, 0.25) is 10.1 Å². The Morgan fingerprint density at radius 1 is 0.875 bits per heavy atom. The molecular weight excluding hydrogens is 236 g/mol. The summed E-state index contributed by atoms with van der Waals surface area (Å²) in [6, 6.07) is 0. The van der Waals surface area contributed by atoms with E-state index in [9.17, 15) is 0 Å². The summed E-state index contributed by atoms with van der Waals surface area (Å²) in [6.07, 6.45) is 0. The van der Waals surface area contributed by atoms with Crippen molar-refractivity contribution in [2.24, 2.45) is 0 Å². The number of rotatable bonds is 2. The molecule has 0 amide bonds. The lowest BCUT2D eigenvalue weighted by molar-refractivity contribution is -0.514. The summed E-state index contributed by atoms with van der Waals surface area (Å²) in [6.45, 7) is 13.7. The quantitative estimate of drug-likeness (QED) is 0.703. The lowest BCUT2D eigenvalue weighted by Crippen LogP contribution is -2.11. The molecule has 0 N–H and O–H groups in total. The van der Waals surface area contributed by atoms with E-state index >= 15 is 0 Å². The summed E-state index contributed by atoms with van der Waals surface area (Å²) in [4.78, 5) is 0. The van der Waals surface area contributed by atoms with E-state index in [1.54, 1.807) is 0 Å². The minimum atomic E-state index is 1.18. The maximum atomic E-state index is 2.41. The van der Waals surface area contributed by atoms with Crippen molar-refractivity contribution in [2.75, 3.05) is 37.7 Å². The van der Waals surface area contributed by atoms with Crippen LogP contribution >= 0.6 is 23.5 Å². The van der Waals surface area contributed by atoms with Crippen molar-refractivity contribution in [3.63, 3.8) is 0 Å². The third-order valence-electron chi connectivity index (χ3n) is 3.00. The second-order valence-electron chi connectivity index (χ2n) is 3.89. The van der Waals surface area contributed by atoms with E-state index in [0.717, 1.165) is 0 Å². The third kappa shape index (κ3) is 4.13. The molecule has 0 aliphatic carbocycles. The van der Waals surface area contributed by atoms with Gasteiger partial charge < -0.3 is 0 Å². The Morgan fingerprint density at radius 3 is 1.38 bits per heavy atom. The van der Waals surface area contributed by atoms with Crippen molar-refractivity contribution in [3.05, 3.63) is 0 Å². The van der Waals surface area contributed by atoms with E-state index < -0.39 is 0 Å². The molecule has 0 bridgehead atoms. The molecule has 2 rings (SSSR count). The first-order valence-electron chi connectivity index (χ1n) is 6.11. The van der Waals surface area contributed by atoms with Crippen LogP contribution in [0.3, 0.4) is 0 Å². The highest BCUT2D eigenvalue weighted by molar-refractivity contribution is 8.14. The molecule has 2 aliphatic rings. The number of nitrogens with zero attached hydrogens (tertiary/aromatic N) is 2. The predicted octanol–water partition coefficient (Wildman–Crippen LogP) is 2.37. The average molecular weight is 260 g/mol.